The molecule has 0 amide bonds. The van der Waals surface area contributed by atoms with Gasteiger partial charge in [0.2, 0.25) is 0 Å². The second kappa shape index (κ2) is 4.82. The van der Waals surface area contributed by atoms with Crippen molar-refractivity contribution in [2.24, 2.45) is 0 Å². The minimum Gasteiger partial charge on any atom is -0.166 e. The molecule has 1 atom stereocenters. The summed E-state index contributed by atoms with van der Waals surface area (Å²) in [6.07, 6.45) is -4.27. The Labute approximate surface area is 109 Å². The van der Waals surface area contributed by atoms with Gasteiger partial charge in [0, 0.05) is 4.88 Å². The van der Waals surface area contributed by atoms with Crippen molar-refractivity contribution in [3.63, 3.8) is 0 Å². The number of thiophene rings is 1. The first-order valence-corrected chi connectivity index (χ1v) is 6.62. The molecule has 0 aliphatic heterocycles. The summed E-state index contributed by atoms with van der Waals surface area (Å²) < 4.78 is 37.2. The predicted molar refractivity (Wildman–Crippen MR) is 66.5 cm³/mol. The van der Waals surface area contributed by atoms with Crippen molar-refractivity contribution in [1.82, 2.24) is 0 Å². The average molecular weight is 321 g/mol. The molecule has 0 saturated heterocycles. The topological polar surface area (TPSA) is 0 Å². The Kier molecular flexibility index (Phi) is 3.58. The van der Waals surface area contributed by atoms with Crippen LogP contribution >= 0.6 is 27.3 Å². The Bertz CT molecular complexity index is 473. The van der Waals surface area contributed by atoms with E-state index < -0.39 is 11.7 Å². The number of rotatable bonds is 2. The molecule has 0 radical (unpaired) electrons. The summed E-state index contributed by atoms with van der Waals surface area (Å²) in [4.78, 5) is 1.02. The summed E-state index contributed by atoms with van der Waals surface area (Å²) in [6.45, 7) is 0. The van der Waals surface area contributed by atoms with Gasteiger partial charge in [0.05, 0.1) is 10.4 Å². The molecule has 0 bridgehead atoms. The van der Waals surface area contributed by atoms with E-state index in [2.05, 4.69) is 15.9 Å². The zero-order valence-electron chi connectivity index (χ0n) is 8.54. The maximum Gasteiger partial charge on any atom is 0.416 e. The molecule has 1 heterocycles. The first-order chi connectivity index (χ1) is 7.98. The predicted octanol–water partition coefficient (Wildman–Crippen LogP) is 5.25. The summed E-state index contributed by atoms with van der Waals surface area (Å²) in [5, 5.41) is 1.94. The van der Waals surface area contributed by atoms with Crippen LogP contribution in [0.5, 0.6) is 0 Å². The van der Waals surface area contributed by atoms with Crippen LogP contribution in [0.2, 0.25) is 0 Å². The smallest absolute Gasteiger partial charge is 0.166 e. The first-order valence-electron chi connectivity index (χ1n) is 4.83. The maximum atomic E-state index is 12.4. The van der Waals surface area contributed by atoms with Crippen LogP contribution in [0.3, 0.4) is 0 Å². The zero-order valence-corrected chi connectivity index (χ0v) is 10.9. The molecule has 0 N–H and O–H groups in total. The highest BCUT2D eigenvalue weighted by Gasteiger charge is 2.30. The lowest BCUT2D eigenvalue weighted by Crippen LogP contribution is -2.04. The number of hydrogen-bond acceptors (Lipinski definition) is 1. The van der Waals surface area contributed by atoms with Crippen molar-refractivity contribution in [2.75, 3.05) is 0 Å². The van der Waals surface area contributed by atoms with Crippen molar-refractivity contribution < 1.29 is 13.2 Å². The van der Waals surface area contributed by atoms with Gasteiger partial charge < -0.3 is 0 Å². The van der Waals surface area contributed by atoms with E-state index in [-0.39, 0.29) is 4.83 Å². The van der Waals surface area contributed by atoms with E-state index in [1.165, 1.54) is 12.1 Å². The van der Waals surface area contributed by atoms with E-state index >= 15 is 0 Å². The van der Waals surface area contributed by atoms with E-state index in [1.807, 2.05) is 17.5 Å². The van der Waals surface area contributed by atoms with E-state index in [1.54, 1.807) is 11.3 Å². The average Bonchev–Trinajstić information content (AvgIpc) is 2.80. The molecular formula is C12H8BrF3S. The standard InChI is InChI=1S/C12H8BrF3S/c13-11(10-2-1-7-17-10)8-3-5-9(6-4-8)12(14,15)16/h1-7,11H. The normalized spacial score (nSPS) is 13.6. The Balaban J connectivity index is 2.24. The molecule has 1 unspecified atom stereocenters. The molecule has 2 aromatic rings. The van der Waals surface area contributed by atoms with Crippen molar-refractivity contribution in [1.29, 1.82) is 0 Å². The van der Waals surface area contributed by atoms with Crippen LogP contribution in [0.4, 0.5) is 13.2 Å². The van der Waals surface area contributed by atoms with Gasteiger partial charge in [-0.1, -0.05) is 34.1 Å². The highest BCUT2D eigenvalue weighted by Crippen LogP contribution is 2.35. The van der Waals surface area contributed by atoms with Crippen LogP contribution in [-0.4, -0.2) is 0 Å². The van der Waals surface area contributed by atoms with Gasteiger partial charge in [-0.15, -0.1) is 11.3 Å². The molecule has 2 rings (SSSR count). The van der Waals surface area contributed by atoms with Gasteiger partial charge in [0.25, 0.3) is 0 Å². The number of benzene rings is 1. The van der Waals surface area contributed by atoms with E-state index in [0.29, 0.717) is 0 Å². The summed E-state index contributed by atoms with van der Waals surface area (Å²) in [6, 6.07) is 9.08. The largest absolute Gasteiger partial charge is 0.416 e. The van der Waals surface area contributed by atoms with Crippen LogP contribution < -0.4 is 0 Å². The van der Waals surface area contributed by atoms with Gasteiger partial charge in [0.15, 0.2) is 0 Å². The van der Waals surface area contributed by atoms with Gasteiger partial charge in [-0.25, -0.2) is 0 Å². The van der Waals surface area contributed by atoms with E-state index in [0.717, 1.165) is 22.6 Å². The minimum absolute atomic E-state index is 0.0511. The minimum atomic E-state index is -4.27. The van der Waals surface area contributed by atoms with Crippen LogP contribution in [0, 0.1) is 0 Å². The van der Waals surface area contributed by atoms with Gasteiger partial charge in [-0.3, -0.25) is 0 Å². The molecule has 0 nitrogen and oxygen atoms in total. The van der Waals surface area contributed by atoms with E-state index in [9.17, 15) is 13.2 Å². The lowest BCUT2D eigenvalue weighted by molar-refractivity contribution is -0.137. The summed E-state index contributed by atoms with van der Waals surface area (Å²) in [5.41, 5.74) is 0.201. The second-order valence-electron chi connectivity index (χ2n) is 3.50. The van der Waals surface area contributed by atoms with Gasteiger partial charge in [-0.05, 0) is 29.1 Å². The van der Waals surface area contributed by atoms with Gasteiger partial charge in [-0.2, -0.15) is 13.2 Å². The van der Waals surface area contributed by atoms with Crippen LogP contribution in [-0.2, 0) is 6.18 Å². The van der Waals surface area contributed by atoms with Crippen molar-refractivity contribution in [3.05, 3.63) is 57.8 Å². The monoisotopic (exact) mass is 320 g/mol. The van der Waals surface area contributed by atoms with Crippen LogP contribution in [0.25, 0.3) is 0 Å². The Morgan fingerprint density at radius 2 is 1.71 bits per heavy atom. The first kappa shape index (κ1) is 12.6. The highest BCUT2D eigenvalue weighted by molar-refractivity contribution is 9.09. The third-order valence-electron chi connectivity index (χ3n) is 2.32. The van der Waals surface area contributed by atoms with Crippen molar-refractivity contribution in [3.8, 4) is 0 Å². The van der Waals surface area contributed by atoms with Crippen molar-refractivity contribution in [2.45, 2.75) is 11.0 Å². The maximum absolute atomic E-state index is 12.4. The summed E-state index contributed by atoms with van der Waals surface area (Å²) in [7, 11) is 0. The third-order valence-corrected chi connectivity index (χ3v) is 4.59. The Morgan fingerprint density at radius 3 is 2.18 bits per heavy atom. The quantitative estimate of drug-likeness (QED) is 0.663. The van der Waals surface area contributed by atoms with Crippen LogP contribution in [0.15, 0.2) is 41.8 Å². The fourth-order valence-corrected chi connectivity index (χ4v) is 2.95. The molecule has 5 heteroatoms. The lowest BCUT2D eigenvalue weighted by atomic mass is 10.1. The number of hydrogen-bond donors (Lipinski definition) is 0. The Morgan fingerprint density at radius 1 is 1.06 bits per heavy atom. The molecule has 17 heavy (non-hydrogen) atoms. The third kappa shape index (κ3) is 2.90. The van der Waals surface area contributed by atoms with Gasteiger partial charge >= 0.3 is 6.18 Å². The molecule has 1 aromatic heterocycles. The molecule has 0 aliphatic rings. The van der Waals surface area contributed by atoms with Crippen LogP contribution in [0.1, 0.15) is 20.8 Å². The van der Waals surface area contributed by atoms with Gasteiger partial charge in [0.1, 0.15) is 0 Å². The SMILES string of the molecule is FC(F)(F)c1ccc(C(Br)c2cccs2)cc1. The second-order valence-corrected chi connectivity index (χ2v) is 5.39. The zero-order chi connectivity index (χ0) is 12.5. The lowest BCUT2D eigenvalue weighted by Gasteiger charge is -2.10. The molecule has 0 spiro atoms. The number of alkyl halides is 4. The fraction of sp³-hybridized carbons (Fsp3) is 0.167. The molecule has 0 fully saturated rings. The molecule has 0 aliphatic carbocycles. The number of halogens is 4. The summed E-state index contributed by atoms with van der Waals surface area (Å²) in [5.74, 6) is 0. The Hall–Kier alpha value is -0.810. The molecule has 90 valence electrons. The summed E-state index contributed by atoms with van der Waals surface area (Å²) >= 11 is 5.04. The molecule has 0 saturated carbocycles. The highest BCUT2D eigenvalue weighted by atomic mass is 79.9. The van der Waals surface area contributed by atoms with Crippen molar-refractivity contribution >= 4 is 27.3 Å². The van der Waals surface area contributed by atoms with E-state index in [4.69, 9.17) is 0 Å². The fourth-order valence-electron chi connectivity index (χ4n) is 1.44. The molecular weight excluding hydrogens is 313 g/mol. The molecule has 1 aromatic carbocycles.